The van der Waals surface area contributed by atoms with Gasteiger partial charge in [0.25, 0.3) is 0 Å². The lowest BCUT2D eigenvalue weighted by atomic mass is 10.0. The number of rotatable bonds is 2. The smallest absolute Gasteiger partial charge is 0.230 e. The van der Waals surface area contributed by atoms with Crippen molar-refractivity contribution < 1.29 is 4.79 Å². The summed E-state index contributed by atoms with van der Waals surface area (Å²) in [4.78, 5) is 11.4. The Morgan fingerprint density at radius 1 is 1.71 bits per heavy atom. The fourth-order valence-corrected chi connectivity index (χ4v) is 1.78. The van der Waals surface area contributed by atoms with Gasteiger partial charge in [0.15, 0.2) is 0 Å². The number of nitrogens with zero attached hydrogens (tertiary/aromatic N) is 1. The van der Waals surface area contributed by atoms with Gasteiger partial charge in [-0.05, 0) is 24.5 Å². The molecule has 78 valence electrons. The second-order valence-corrected chi connectivity index (χ2v) is 3.98. The van der Waals surface area contributed by atoms with E-state index in [1.807, 2.05) is 13.0 Å². The molecule has 0 radical (unpaired) electrons. The predicted octanol–water partition coefficient (Wildman–Crippen LogP) is 1.03. The van der Waals surface area contributed by atoms with Crippen molar-refractivity contribution in [1.29, 1.82) is 0 Å². The van der Waals surface area contributed by atoms with Crippen molar-refractivity contribution in [3.05, 3.63) is 11.8 Å². The van der Waals surface area contributed by atoms with Gasteiger partial charge >= 0.3 is 0 Å². The zero-order chi connectivity index (χ0) is 9.26. The largest absolute Gasteiger partial charge is 0.316 e. The van der Waals surface area contributed by atoms with Gasteiger partial charge in [0, 0.05) is 13.1 Å². The second-order valence-electron chi connectivity index (χ2n) is 3.18. The summed E-state index contributed by atoms with van der Waals surface area (Å²) in [6.07, 6.45) is 0. The Morgan fingerprint density at radius 3 is 2.86 bits per heavy atom. The molecule has 1 aromatic heterocycles. The van der Waals surface area contributed by atoms with Gasteiger partial charge in [-0.2, -0.15) is 4.37 Å². The molecular weight excluding hydrogens is 222 g/mol. The van der Waals surface area contributed by atoms with E-state index in [1.165, 1.54) is 11.5 Å². The maximum atomic E-state index is 11.4. The van der Waals surface area contributed by atoms with Crippen LogP contribution >= 0.6 is 23.9 Å². The maximum absolute atomic E-state index is 11.4. The molecule has 1 saturated heterocycles. The van der Waals surface area contributed by atoms with Crippen molar-refractivity contribution in [3.8, 4) is 0 Å². The molecule has 1 fully saturated rings. The summed E-state index contributed by atoms with van der Waals surface area (Å²) in [6, 6.07) is 1.88. The topological polar surface area (TPSA) is 54.0 Å². The number of halogens is 1. The highest BCUT2D eigenvalue weighted by atomic mass is 35.5. The third kappa shape index (κ3) is 2.43. The van der Waals surface area contributed by atoms with E-state index in [4.69, 9.17) is 0 Å². The van der Waals surface area contributed by atoms with Gasteiger partial charge in [-0.3, -0.25) is 4.79 Å². The number of hydrogen-bond donors (Lipinski definition) is 2. The minimum Gasteiger partial charge on any atom is -0.316 e. The van der Waals surface area contributed by atoms with Gasteiger partial charge in [-0.25, -0.2) is 0 Å². The van der Waals surface area contributed by atoms with Crippen LogP contribution in [0, 0.1) is 12.8 Å². The summed E-state index contributed by atoms with van der Waals surface area (Å²) < 4.78 is 4.08. The van der Waals surface area contributed by atoms with Crippen LogP contribution < -0.4 is 10.6 Å². The number of hydrogen-bond acceptors (Lipinski definition) is 4. The Balaban J connectivity index is 0.000000980. The van der Waals surface area contributed by atoms with Gasteiger partial charge in [-0.15, -0.1) is 12.4 Å². The Bertz CT molecular complexity index is 324. The van der Waals surface area contributed by atoms with Crippen LogP contribution in [0.4, 0.5) is 5.00 Å². The van der Waals surface area contributed by atoms with E-state index in [1.54, 1.807) is 0 Å². The summed E-state index contributed by atoms with van der Waals surface area (Å²) in [7, 11) is 0. The lowest BCUT2D eigenvalue weighted by Gasteiger charge is -2.25. The molecule has 0 bridgehead atoms. The number of carbonyl (C=O) groups excluding carboxylic acids is 1. The van der Waals surface area contributed by atoms with E-state index in [9.17, 15) is 4.79 Å². The third-order valence-corrected chi connectivity index (χ3v) is 2.82. The average Bonchev–Trinajstić information content (AvgIpc) is 2.31. The first-order valence-electron chi connectivity index (χ1n) is 4.20. The number of nitrogens with one attached hydrogen (secondary N) is 2. The molecule has 0 unspecified atom stereocenters. The summed E-state index contributed by atoms with van der Waals surface area (Å²) >= 11 is 1.33. The molecule has 2 N–H and O–H groups in total. The van der Waals surface area contributed by atoms with E-state index in [-0.39, 0.29) is 24.2 Å². The normalized spacial score (nSPS) is 15.5. The van der Waals surface area contributed by atoms with E-state index in [0.29, 0.717) is 0 Å². The number of amides is 1. The van der Waals surface area contributed by atoms with Crippen molar-refractivity contribution in [1.82, 2.24) is 9.69 Å². The van der Waals surface area contributed by atoms with Crippen LogP contribution in [0.1, 0.15) is 5.69 Å². The van der Waals surface area contributed by atoms with Gasteiger partial charge in [0.1, 0.15) is 5.00 Å². The molecule has 0 spiro atoms. The predicted molar refractivity (Wildman–Crippen MR) is 59.1 cm³/mol. The van der Waals surface area contributed by atoms with Crippen LogP contribution in [0.3, 0.4) is 0 Å². The zero-order valence-corrected chi connectivity index (χ0v) is 9.37. The molecule has 2 rings (SSSR count). The molecule has 0 atom stereocenters. The fraction of sp³-hybridized carbons (Fsp3) is 0.500. The van der Waals surface area contributed by atoms with Crippen molar-refractivity contribution in [2.24, 2.45) is 5.92 Å². The highest BCUT2D eigenvalue weighted by molar-refractivity contribution is 7.10. The SMILES string of the molecule is Cc1cc(NC(=O)C2CNC2)sn1.Cl. The standard InChI is InChI=1S/C8H11N3OS.ClH/c1-5-2-7(13-11-5)10-8(12)6-3-9-4-6;/h2,6,9H,3-4H2,1H3,(H,10,12);1H. The molecule has 1 aliphatic heterocycles. The monoisotopic (exact) mass is 233 g/mol. The molecule has 14 heavy (non-hydrogen) atoms. The minimum atomic E-state index is 0. The van der Waals surface area contributed by atoms with Gasteiger partial charge in [0.05, 0.1) is 11.6 Å². The lowest BCUT2D eigenvalue weighted by molar-refractivity contribution is -0.121. The summed E-state index contributed by atoms with van der Waals surface area (Å²) in [5, 5.41) is 6.74. The molecule has 1 aromatic rings. The quantitative estimate of drug-likeness (QED) is 0.803. The van der Waals surface area contributed by atoms with Crippen LogP contribution in [-0.4, -0.2) is 23.4 Å². The molecular formula is C8H12ClN3OS. The molecule has 6 heteroatoms. The van der Waals surface area contributed by atoms with Crippen molar-refractivity contribution >= 4 is 34.8 Å². The molecule has 2 heterocycles. The number of aryl methyl sites for hydroxylation is 1. The first-order valence-corrected chi connectivity index (χ1v) is 4.98. The van der Waals surface area contributed by atoms with Crippen molar-refractivity contribution in [3.63, 3.8) is 0 Å². The second kappa shape index (κ2) is 4.72. The van der Waals surface area contributed by atoms with Crippen LogP contribution in [-0.2, 0) is 4.79 Å². The van der Waals surface area contributed by atoms with Crippen LogP contribution in [0.25, 0.3) is 0 Å². The van der Waals surface area contributed by atoms with Gasteiger partial charge in [0.2, 0.25) is 5.91 Å². The van der Waals surface area contributed by atoms with Crippen LogP contribution in [0.2, 0.25) is 0 Å². The molecule has 0 aromatic carbocycles. The van der Waals surface area contributed by atoms with E-state index >= 15 is 0 Å². The van der Waals surface area contributed by atoms with Crippen LogP contribution in [0.15, 0.2) is 6.07 Å². The van der Waals surface area contributed by atoms with Crippen molar-refractivity contribution in [2.75, 3.05) is 18.4 Å². The molecule has 0 saturated carbocycles. The van der Waals surface area contributed by atoms with Gasteiger partial charge < -0.3 is 10.6 Å². The first kappa shape index (κ1) is 11.4. The highest BCUT2D eigenvalue weighted by Gasteiger charge is 2.24. The Labute approximate surface area is 92.7 Å². The minimum absolute atomic E-state index is 0. The Morgan fingerprint density at radius 2 is 2.43 bits per heavy atom. The Kier molecular flexibility index (Phi) is 3.86. The average molecular weight is 234 g/mol. The van der Waals surface area contributed by atoms with Gasteiger partial charge in [-0.1, -0.05) is 0 Å². The van der Waals surface area contributed by atoms with E-state index < -0.39 is 0 Å². The number of carbonyl (C=O) groups is 1. The third-order valence-electron chi connectivity index (χ3n) is 2.03. The number of anilines is 1. The summed E-state index contributed by atoms with van der Waals surface area (Å²) in [5.41, 5.74) is 0.951. The van der Waals surface area contributed by atoms with E-state index in [0.717, 1.165) is 23.8 Å². The number of aromatic nitrogens is 1. The summed E-state index contributed by atoms with van der Waals surface area (Å²) in [5.74, 6) is 0.241. The van der Waals surface area contributed by atoms with Crippen molar-refractivity contribution in [2.45, 2.75) is 6.92 Å². The zero-order valence-electron chi connectivity index (χ0n) is 7.74. The first-order chi connectivity index (χ1) is 6.25. The van der Waals surface area contributed by atoms with Crippen LogP contribution in [0.5, 0.6) is 0 Å². The maximum Gasteiger partial charge on any atom is 0.230 e. The molecule has 1 amide bonds. The molecule has 4 nitrogen and oxygen atoms in total. The molecule has 0 aliphatic carbocycles. The fourth-order valence-electron chi connectivity index (χ4n) is 1.12. The molecule has 1 aliphatic rings. The highest BCUT2D eigenvalue weighted by Crippen LogP contribution is 2.17. The Hall–Kier alpha value is -0.650. The lowest BCUT2D eigenvalue weighted by Crippen LogP contribution is -2.48. The summed E-state index contributed by atoms with van der Waals surface area (Å²) in [6.45, 7) is 3.50. The van der Waals surface area contributed by atoms with E-state index in [2.05, 4.69) is 15.0 Å².